The lowest BCUT2D eigenvalue weighted by Gasteiger charge is -2.26. The van der Waals surface area contributed by atoms with Crippen LogP contribution >= 0.6 is 7.82 Å². The molecule has 0 rings (SSSR count). The van der Waals surface area contributed by atoms with E-state index in [0.29, 0.717) is 23.9 Å². The van der Waals surface area contributed by atoms with Gasteiger partial charge in [0.05, 0.1) is 39.9 Å². The zero-order valence-electron chi connectivity index (χ0n) is 32.0. The first-order chi connectivity index (χ1) is 23.0. The van der Waals surface area contributed by atoms with Gasteiger partial charge < -0.3 is 19.8 Å². The number of carbonyl (C=O) groups is 1. The average molecular weight is 702 g/mol. The molecule has 0 radical (unpaired) electrons. The Balaban J connectivity index is 4.46. The molecule has 0 saturated heterocycles. The van der Waals surface area contributed by atoms with Crippen LogP contribution in [0.1, 0.15) is 168 Å². The zero-order valence-corrected chi connectivity index (χ0v) is 32.9. The van der Waals surface area contributed by atoms with E-state index >= 15 is 0 Å². The molecule has 1 amide bonds. The molecule has 0 aromatic carbocycles. The quantitative estimate of drug-likeness (QED) is 0.0263. The summed E-state index contributed by atoms with van der Waals surface area (Å²) in [7, 11) is 1.60. The van der Waals surface area contributed by atoms with Gasteiger partial charge in [0.25, 0.3) is 0 Å². The van der Waals surface area contributed by atoms with Gasteiger partial charge >= 0.3 is 7.82 Å². The topological polar surface area (TPSA) is 105 Å². The lowest BCUT2D eigenvalue weighted by atomic mass is 10.0. The first-order valence-corrected chi connectivity index (χ1v) is 21.2. The molecule has 0 aliphatic rings. The smallest absolute Gasteiger partial charge is 0.391 e. The summed E-state index contributed by atoms with van der Waals surface area (Å²) in [4.78, 5) is 23.0. The van der Waals surface area contributed by atoms with Gasteiger partial charge in [0.15, 0.2) is 0 Å². The van der Waals surface area contributed by atoms with Crippen molar-refractivity contribution in [1.82, 2.24) is 5.32 Å². The number of quaternary nitrogens is 1. The summed E-state index contributed by atoms with van der Waals surface area (Å²) in [6.45, 7) is 4.82. The van der Waals surface area contributed by atoms with Crippen molar-refractivity contribution < 1.29 is 32.9 Å². The summed E-state index contributed by atoms with van der Waals surface area (Å²) in [5.74, 6) is -0.159. The molecule has 48 heavy (non-hydrogen) atoms. The van der Waals surface area contributed by atoms with E-state index in [9.17, 15) is 19.4 Å². The summed E-state index contributed by atoms with van der Waals surface area (Å²) in [5.41, 5.74) is 0. The van der Waals surface area contributed by atoms with Crippen molar-refractivity contribution in [1.29, 1.82) is 0 Å². The maximum atomic E-state index is 12.8. The largest absolute Gasteiger partial charge is 0.472 e. The Morgan fingerprint density at radius 3 is 1.71 bits per heavy atom. The first kappa shape index (κ1) is 47.0. The second kappa shape index (κ2) is 31.9. The van der Waals surface area contributed by atoms with Crippen LogP contribution in [0.4, 0.5) is 0 Å². The number of unbranched alkanes of at least 4 members (excludes halogenated alkanes) is 19. The number of allylic oxidation sites excluding steroid dienone is 4. The van der Waals surface area contributed by atoms with Crippen LogP contribution in [0.25, 0.3) is 0 Å². The monoisotopic (exact) mass is 702 g/mol. The highest BCUT2D eigenvalue weighted by Gasteiger charge is 2.28. The lowest BCUT2D eigenvalue weighted by Crippen LogP contribution is -2.46. The molecule has 0 bridgehead atoms. The van der Waals surface area contributed by atoms with Crippen molar-refractivity contribution in [2.45, 2.75) is 180 Å². The maximum absolute atomic E-state index is 12.8. The third-order valence-corrected chi connectivity index (χ3v) is 9.71. The molecule has 0 aliphatic heterocycles. The van der Waals surface area contributed by atoms with Crippen LogP contribution in [0.5, 0.6) is 0 Å². The van der Waals surface area contributed by atoms with Gasteiger partial charge in [-0.15, -0.1) is 0 Å². The third-order valence-electron chi connectivity index (χ3n) is 8.73. The number of aliphatic hydroxyl groups is 1. The molecule has 0 aromatic heterocycles. The van der Waals surface area contributed by atoms with E-state index in [1.807, 2.05) is 21.1 Å². The summed E-state index contributed by atoms with van der Waals surface area (Å²) < 4.78 is 23.5. The van der Waals surface area contributed by atoms with Gasteiger partial charge in [0.2, 0.25) is 5.91 Å². The number of amides is 1. The normalized spacial score (nSPS) is 14.9. The van der Waals surface area contributed by atoms with E-state index in [1.165, 1.54) is 89.9 Å². The summed E-state index contributed by atoms with van der Waals surface area (Å²) in [5, 5.41) is 13.9. The van der Waals surface area contributed by atoms with E-state index in [-0.39, 0.29) is 19.1 Å². The van der Waals surface area contributed by atoms with Crippen molar-refractivity contribution in [3.05, 3.63) is 24.3 Å². The number of likely N-dealkylation sites (N-methyl/N-ethyl adjacent to an activating group) is 1. The van der Waals surface area contributed by atoms with E-state index in [2.05, 4.69) is 43.5 Å². The van der Waals surface area contributed by atoms with Crippen LogP contribution in [0, 0.1) is 0 Å². The number of nitrogens with one attached hydrogen (secondary N) is 1. The summed E-state index contributed by atoms with van der Waals surface area (Å²) in [6, 6.07) is -0.762. The first-order valence-electron chi connectivity index (χ1n) is 19.7. The van der Waals surface area contributed by atoms with Crippen LogP contribution < -0.4 is 5.32 Å². The molecule has 0 fully saturated rings. The predicted molar refractivity (Wildman–Crippen MR) is 203 cm³/mol. The molecule has 3 unspecified atom stereocenters. The maximum Gasteiger partial charge on any atom is 0.472 e. The van der Waals surface area contributed by atoms with E-state index < -0.39 is 20.0 Å². The Kier molecular flexibility index (Phi) is 31.2. The highest BCUT2D eigenvalue weighted by Crippen LogP contribution is 2.43. The number of phosphoric acid groups is 1. The molecule has 8 nitrogen and oxygen atoms in total. The number of hydrogen-bond donors (Lipinski definition) is 3. The third kappa shape index (κ3) is 33.5. The van der Waals surface area contributed by atoms with Gasteiger partial charge in [0, 0.05) is 6.42 Å². The molecule has 284 valence electrons. The summed E-state index contributed by atoms with van der Waals surface area (Å²) in [6.07, 6.45) is 34.8. The number of aliphatic hydroxyl groups excluding tert-OH is 1. The minimum atomic E-state index is -4.31. The molecule has 0 spiro atoms. The molecular formula is C39H78N2O6P+. The molecule has 0 aromatic rings. The molecule has 3 atom stereocenters. The Hall–Kier alpha value is -1.02. The molecule has 9 heteroatoms. The van der Waals surface area contributed by atoms with Gasteiger partial charge in [-0.2, -0.15) is 0 Å². The Morgan fingerprint density at radius 2 is 1.17 bits per heavy atom. The van der Waals surface area contributed by atoms with Gasteiger partial charge in [-0.25, -0.2) is 4.57 Å². The van der Waals surface area contributed by atoms with Crippen LogP contribution in [0.3, 0.4) is 0 Å². The summed E-state index contributed by atoms with van der Waals surface area (Å²) >= 11 is 0. The minimum Gasteiger partial charge on any atom is -0.391 e. The standard InChI is InChI=1S/C39H77N2O6P/c1-6-8-10-12-14-16-18-19-20-21-23-25-27-29-31-33-39(43)40-37(36-47-48(44,45)46-35-34-41(3,4)5)38(42)32-30-28-26-24-22-17-15-13-11-9-7-2/h14,16,18-19,37-38,42H,6-13,15,17,20-36H2,1-5H3,(H-,40,43,44,45)/p+1/b16-14-,19-18-. The van der Waals surface area contributed by atoms with Crippen LogP contribution in [0.2, 0.25) is 0 Å². The fraction of sp³-hybridized carbons (Fsp3) is 0.872. The number of hydrogen-bond acceptors (Lipinski definition) is 5. The van der Waals surface area contributed by atoms with Crippen molar-refractivity contribution in [2.75, 3.05) is 40.9 Å². The van der Waals surface area contributed by atoms with Gasteiger partial charge in [-0.1, -0.05) is 147 Å². The molecule has 3 N–H and O–H groups in total. The molecule has 0 saturated carbocycles. The van der Waals surface area contributed by atoms with Crippen LogP contribution in [-0.4, -0.2) is 73.4 Å². The zero-order chi connectivity index (χ0) is 35.8. The van der Waals surface area contributed by atoms with E-state index in [4.69, 9.17) is 9.05 Å². The fourth-order valence-electron chi connectivity index (χ4n) is 5.51. The second-order valence-electron chi connectivity index (χ2n) is 14.7. The van der Waals surface area contributed by atoms with Crippen molar-refractivity contribution >= 4 is 13.7 Å². The van der Waals surface area contributed by atoms with Crippen molar-refractivity contribution in [3.8, 4) is 0 Å². The lowest BCUT2D eigenvalue weighted by molar-refractivity contribution is -0.870. The van der Waals surface area contributed by atoms with E-state index in [1.54, 1.807) is 0 Å². The molecular weight excluding hydrogens is 623 g/mol. The highest BCUT2D eigenvalue weighted by atomic mass is 31.2. The number of rotatable bonds is 35. The second-order valence-corrected chi connectivity index (χ2v) is 16.1. The predicted octanol–water partition coefficient (Wildman–Crippen LogP) is 10.2. The average Bonchev–Trinajstić information content (AvgIpc) is 3.02. The van der Waals surface area contributed by atoms with Crippen molar-refractivity contribution in [2.24, 2.45) is 0 Å². The number of phosphoric ester groups is 1. The van der Waals surface area contributed by atoms with E-state index in [0.717, 1.165) is 51.4 Å². The Bertz CT molecular complexity index is 845. The molecule has 0 aliphatic carbocycles. The number of nitrogens with zero attached hydrogens (tertiary/aromatic N) is 1. The van der Waals surface area contributed by atoms with Crippen molar-refractivity contribution in [3.63, 3.8) is 0 Å². The van der Waals surface area contributed by atoms with Gasteiger partial charge in [0.1, 0.15) is 13.2 Å². The Labute approximate surface area is 296 Å². The fourth-order valence-corrected chi connectivity index (χ4v) is 6.24. The van der Waals surface area contributed by atoms with Crippen LogP contribution in [-0.2, 0) is 18.4 Å². The number of carbonyl (C=O) groups excluding carboxylic acids is 1. The van der Waals surface area contributed by atoms with Gasteiger partial charge in [-0.05, 0) is 38.5 Å². The molecule has 0 heterocycles. The Morgan fingerprint density at radius 1 is 0.708 bits per heavy atom. The SMILES string of the molecule is CCCCC/C=C\C=C/CCCCCCCCC(=O)NC(COP(=O)(O)OCC[N+](C)(C)C)C(O)CCCCCCCCCCCCC. The highest BCUT2D eigenvalue weighted by molar-refractivity contribution is 7.47. The minimum absolute atomic E-state index is 0.0723. The van der Waals surface area contributed by atoms with Gasteiger partial charge in [-0.3, -0.25) is 13.8 Å². The van der Waals surface area contributed by atoms with Crippen LogP contribution in [0.15, 0.2) is 24.3 Å².